The molecule has 1 aromatic rings. The molecular formula is C15H20N2O3. The molecule has 0 saturated carbocycles. The lowest BCUT2D eigenvalue weighted by molar-refractivity contribution is -0.0397. The molecule has 2 fully saturated rings. The van der Waals surface area contributed by atoms with Crippen LogP contribution in [0.1, 0.15) is 24.4 Å². The second-order valence-electron chi connectivity index (χ2n) is 5.90. The van der Waals surface area contributed by atoms with Crippen LogP contribution in [0.4, 0.5) is 0 Å². The van der Waals surface area contributed by atoms with E-state index in [-0.39, 0.29) is 6.04 Å². The van der Waals surface area contributed by atoms with E-state index in [1.807, 2.05) is 18.2 Å². The van der Waals surface area contributed by atoms with Gasteiger partial charge in [-0.15, -0.1) is 0 Å². The second-order valence-corrected chi connectivity index (χ2v) is 5.90. The number of fused-ring (bicyclic) bond motifs is 3. The van der Waals surface area contributed by atoms with Gasteiger partial charge >= 0.3 is 0 Å². The first-order chi connectivity index (χ1) is 9.78. The summed E-state index contributed by atoms with van der Waals surface area (Å²) >= 11 is 0. The SMILES string of the molecule is NC(CN1CC2CCC(C1)O2)c1ccc2c(c1)OCO2. The number of nitrogens with zero attached hydrogens (tertiary/aromatic N) is 1. The summed E-state index contributed by atoms with van der Waals surface area (Å²) < 4.78 is 16.6. The zero-order valence-corrected chi connectivity index (χ0v) is 11.5. The molecule has 0 amide bonds. The highest BCUT2D eigenvalue weighted by atomic mass is 16.7. The zero-order valence-electron chi connectivity index (χ0n) is 11.5. The number of nitrogens with two attached hydrogens (primary N) is 1. The maximum Gasteiger partial charge on any atom is 0.231 e. The molecule has 2 saturated heterocycles. The van der Waals surface area contributed by atoms with Crippen LogP contribution in [0.3, 0.4) is 0 Å². The summed E-state index contributed by atoms with van der Waals surface area (Å²) in [6.07, 6.45) is 3.22. The molecule has 2 bridgehead atoms. The van der Waals surface area contributed by atoms with Crippen LogP contribution in [0.25, 0.3) is 0 Å². The number of likely N-dealkylation sites (tertiary alicyclic amines) is 1. The van der Waals surface area contributed by atoms with Crippen molar-refractivity contribution in [2.75, 3.05) is 26.4 Å². The van der Waals surface area contributed by atoms with Gasteiger partial charge in [0.2, 0.25) is 6.79 Å². The Hall–Kier alpha value is -1.30. The first-order valence-electron chi connectivity index (χ1n) is 7.31. The summed E-state index contributed by atoms with van der Waals surface area (Å²) in [7, 11) is 0. The van der Waals surface area contributed by atoms with E-state index >= 15 is 0 Å². The van der Waals surface area contributed by atoms with Gasteiger partial charge < -0.3 is 19.9 Å². The van der Waals surface area contributed by atoms with E-state index in [0.29, 0.717) is 19.0 Å². The van der Waals surface area contributed by atoms with Gasteiger partial charge in [-0.3, -0.25) is 4.90 Å². The third-order valence-corrected chi connectivity index (χ3v) is 4.40. The third kappa shape index (κ3) is 2.26. The van der Waals surface area contributed by atoms with Gasteiger partial charge in [-0.1, -0.05) is 6.07 Å². The molecule has 2 N–H and O–H groups in total. The largest absolute Gasteiger partial charge is 0.454 e. The van der Waals surface area contributed by atoms with Gasteiger partial charge in [-0.05, 0) is 30.5 Å². The van der Waals surface area contributed by atoms with Crippen molar-refractivity contribution in [3.05, 3.63) is 23.8 Å². The minimum Gasteiger partial charge on any atom is -0.454 e. The van der Waals surface area contributed by atoms with E-state index in [1.54, 1.807) is 0 Å². The maximum absolute atomic E-state index is 6.35. The fraction of sp³-hybridized carbons (Fsp3) is 0.600. The second kappa shape index (κ2) is 4.91. The third-order valence-electron chi connectivity index (χ3n) is 4.40. The molecule has 0 radical (unpaired) electrons. The van der Waals surface area contributed by atoms with Gasteiger partial charge in [0.25, 0.3) is 0 Å². The average Bonchev–Trinajstić information content (AvgIpc) is 3.04. The van der Waals surface area contributed by atoms with Crippen LogP contribution >= 0.6 is 0 Å². The molecule has 0 aromatic heterocycles. The fourth-order valence-corrected chi connectivity index (χ4v) is 3.38. The molecule has 3 unspecified atom stereocenters. The van der Waals surface area contributed by atoms with Crippen LogP contribution < -0.4 is 15.2 Å². The van der Waals surface area contributed by atoms with Crippen molar-refractivity contribution in [1.29, 1.82) is 0 Å². The number of benzene rings is 1. The number of rotatable bonds is 3. The lowest BCUT2D eigenvalue weighted by Crippen LogP contribution is -2.45. The van der Waals surface area contributed by atoms with Gasteiger partial charge in [-0.2, -0.15) is 0 Å². The van der Waals surface area contributed by atoms with Crippen LogP contribution in [0.15, 0.2) is 18.2 Å². The highest BCUT2D eigenvalue weighted by Gasteiger charge is 2.34. The van der Waals surface area contributed by atoms with E-state index in [1.165, 1.54) is 12.8 Å². The first kappa shape index (κ1) is 12.4. The molecule has 3 atom stereocenters. The zero-order chi connectivity index (χ0) is 13.5. The molecule has 20 heavy (non-hydrogen) atoms. The first-order valence-corrected chi connectivity index (χ1v) is 7.31. The Labute approximate surface area is 118 Å². The summed E-state index contributed by atoms with van der Waals surface area (Å²) in [4.78, 5) is 2.43. The molecule has 3 heterocycles. The van der Waals surface area contributed by atoms with Crippen LogP contribution in [0.5, 0.6) is 11.5 Å². The average molecular weight is 276 g/mol. The monoisotopic (exact) mass is 276 g/mol. The molecular weight excluding hydrogens is 256 g/mol. The highest BCUT2D eigenvalue weighted by molar-refractivity contribution is 5.45. The topological polar surface area (TPSA) is 57.0 Å². The normalized spacial score (nSPS) is 29.6. The van der Waals surface area contributed by atoms with E-state index in [0.717, 1.165) is 36.7 Å². The lowest BCUT2D eigenvalue weighted by atomic mass is 10.1. The summed E-state index contributed by atoms with van der Waals surface area (Å²) in [5.74, 6) is 1.62. The van der Waals surface area contributed by atoms with E-state index in [9.17, 15) is 0 Å². The van der Waals surface area contributed by atoms with E-state index in [2.05, 4.69) is 4.90 Å². The Balaban J connectivity index is 1.43. The minimum atomic E-state index is 0.00185. The summed E-state index contributed by atoms with van der Waals surface area (Å²) in [5, 5.41) is 0. The van der Waals surface area contributed by atoms with Crippen molar-refractivity contribution < 1.29 is 14.2 Å². The number of ether oxygens (including phenoxy) is 3. The van der Waals surface area contributed by atoms with Gasteiger partial charge in [0.15, 0.2) is 11.5 Å². The predicted molar refractivity (Wildman–Crippen MR) is 73.8 cm³/mol. The minimum absolute atomic E-state index is 0.00185. The quantitative estimate of drug-likeness (QED) is 0.901. The molecule has 5 heteroatoms. The molecule has 5 nitrogen and oxygen atoms in total. The Morgan fingerprint density at radius 2 is 1.90 bits per heavy atom. The van der Waals surface area contributed by atoms with E-state index in [4.69, 9.17) is 19.9 Å². The summed E-state index contributed by atoms with van der Waals surface area (Å²) in [5.41, 5.74) is 7.46. The summed E-state index contributed by atoms with van der Waals surface area (Å²) in [6, 6.07) is 5.98. The maximum atomic E-state index is 6.35. The van der Waals surface area contributed by atoms with E-state index < -0.39 is 0 Å². The standard InChI is InChI=1S/C15H20N2O3/c16-13(8-17-6-11-2-3-12(7-17)20-11)10-1-4-14-15(5-10)19-9-18-14/h1,4-5,11-13H,2-3,6-9,16H2. The van der Waals surface area contributed by atoms with Crippen molar-refractivity contribution in [2.24, 2.45) is 5.73 Å². The molecule has 3 aliphatic rings. The molecule has 3 aliphatic heterocycles. The van der Waals surface area contributed by atoms with Crippen LogP contribution in [-0.4, -0.2) is 43.5 Å². The molecule has 108 valence electrons. The number of hydrogen-bond donors (Lipinski definition) is 1. The Kier molecular flexibility index (Phi) is 3.06. The predicted octanol–water partition coefficient (Wildman–Crippen LogP) is 1.28. The van der Waals surface area contributed by atoms with Gasteiger partial charge in [-0.25, -0.2) is 0 Å². The smallest absolute Gasteiger partial charge is 0.231 e. The van der Waals surface area contributed by atoms with Crippen molar-refractivity contribution in [1.82, 2.24) is 4.90 Å². The highest BCUT2D eigenvalue weighted by Crippen LogP contribution is 2.34. The van der Waals surface area contributed by atoms with Crippen LogP contribution in [0.2, 0.25) is 0 Å². The number of morpholine rings is 1. The van der Waals surface area contributed by atoms with Crippen molar-refractivity contribution in [3.8, 4) is 11.5 Å². The van der Waals surface area contributed by atoms with Gasteiger partial charge in [0.05, 0.1) is 12.2 Å². The Bertz CT molecular complexity index is 496. The Morgan fingerprint density at radius 1 is 1.15 bits per heavy atom. The molecule has 0 spiro atoms. The fourth-order valence-electron chi connectivity index (χ4n) is 3.38. The van der Waals surface area contributed by atoms with Crippen molar-refractivity contribution in [3.63, 3.8) is 0 Å². The van der Waals surface area contributed by atoms with Gasteiger partial charge in [0.1, 0.15) is 0 Å². The molecule has 4 rings (SSSR count). The van der Waals surface area contributed by atoms with Crippen LogP contribution in [-0.2, 0) is 4.74 Å². The van der Waals surface area contributed by atoms with Crippen molar-refractivity contribution in [2.45, 2.75) is 31.1 Å². The molecule has 1 aromatic carbocycles. The summed E-state index contributed by atoms with van der Waals surface area (Å²) in [6.45, 7) is 3.19. The Morgan fingerprint density at radius 3 is 2.70 bits per heavy atom. The van der Waals surface area contributed by atoms with Crippen molar-refractivity contribution >= 4 is 0 Å². The number of hydrogen-bond acceptors (Lipinski definition) is 5. The van der Waals surface area contributed by atoms with Gasteiger partial charge in [0, 0.05) is 25.7 Å². The van der Waals surface area contributed by atoms with Crippen LogP contribution in [0, 0.1) is 0 Å². The molecule has 0 aliphatic carbocycles. The lowest BCUT2D eigenvalue weighted by Gasteiger charge is -2.33.